The highest BCUT2D eigenvalue weighted by atomic mass is 16.5. The molecule has 1 heterocycles. The van der Waals surface area contributed by atoms with Crippen molar-refractivity contribution in [2.45, 2.75) is 6.54 Å². The van der Waals surface area contributed by atoms with E-state index in [2.05, 4.69) is 34.5 Å². The fourth-order valence-electron chi connectivity index (χ4n) is 2.94. The minimum absolute atomic E-state index is 0.174. The maximum absolute atomic E-state index is 12.4. The van der Waals surface area contributed by atoms with Gasteiger partial charge in [0, 0.05) is 32.4 Å². The van der Waals surface area contributed by atoms with E-state index < -0.39 is 0 Å². The first-order chi connectivity index (χ1) is 12.7. The van der Waals surface area contributed by atoms with E-state index in [0.29, 0.717) is 18.0 Å². The third-order valence-electron chi connectivity index (χ3n) is 4.43. The average Bonchev–Trinajstić information content (AvgIpc) is 2.69. The summed E-state index contributed by atoms with van der Waals surface area (Å²) >= 11 is 0. The molecule has 3 rings (SSSR count). The predicted octanol–water partition coefficient (Wildman–Crippen LogP) is 3.20. The summed E-state index contributed by atoms with van der Waals surface area (Å²) in [7, 11) is 3.37. The number of rotatable bonds is 5. The lowest BCUT2D eigenvalue weighted by molar-refractivity contribution is 0.122. The number of nitrogens with zero attached hydrogens (tertiary/aromatic N) is 2. The van der Waals surface area contributed by atoms with Gasteiger partial charge in [-0.2, -0.15) is 0 Å². The van der Waals surface area contributed by atoms with E-state index in [1.54, 1.807) is 19.1 Å². The number of carbonyl (C=O) groups is 1. The number of hydrogen-bond donors (Lipinski definition) is 1. The van der Waals surface area contributed by atoms with Gasteiger partial charge < -0.3 is 24.6 Å². The number of methoxy groups -OCH3 is 1. The molecule has 0 unspecified atom stereocenters. The molecule has 2 aromatic carbocycles. The van der Waals surface area contributed by atoms with Crippen LogP contribution in [0.25, 0.3) is 0 Å². The standard InChI is InChI=1S/C20H25N3O3/c1-22(20(24)21-18-5-3-4-6-19(18)25-2)15-16-7-9-17(10-8-16)23-11-13-26-14-12-23/h3-10H,11-15H2,1-2H3,(H,21,24). The van der Waals surface area contributed by atoms with Crippen LogP contribution in [0.15, 0.2) is 48.5 Å². The van der Waals surface area contributed by atoms with Crippen LogP contribution in [-0.4, -0.2) is 51.4 Å². The third-order valence-corrected chi connectivity index (χ3v) is 4.43. The first kappa shape index (κ1) is 18.1. The number of morpholine rings is 1. The quantitative estimate of drug-likeness (QED) is 0.895. The van der Waals surface area contributed by atoms with E-state index in [0.717, 1.165) is 31.9 Å². The van der Waals surface area contributed by atoms with E-state index in [1.807, 2.05) is 24.3 Å². The second-order valence-corrected chi connectivity index (χ2v) is 6.25. The molecule has 2 aromatic rings. The SMILES string of the molecule is COc1ccccc1NC(=O)N(C)Cc1ccc(N2CCOCC2)cc1. The van der Waals surface area contributed by atoms with Crippen molar-refractivity contribution in [2.24, 2.45) is 0 Å². The van der Waals surface area contributed by atoms with Crippen LogP contribution in [0.2, 0.25) is 0 Å². The largest absolute Gasteiger partial charge is 0.495 e. The Morgan fingerprint density at radius 1 is 1.15 bits per heavy atom. The summed E-state index contributed by atoms with van der Waals surface area (Å²) in [6.07, 6.45) is 0. The molecule has 0 bridgehead atoms. The zero-order valence-corrected chi connectivity index (χ0v) is 15.3. The lowest BCUT2D eigenvalue weighted by Gasteiger charge is -2.29. The number of hydrogen-bond acceptors (Lipinski definition) is 4. The molecule has 0 spiro atoms. The molecule has 1 saturated heterocycles. The zero-order chi connectivity index (χ0) is 18.4. The number of amides is 2. The van der Waals surface area contributed by atoms with Crippen molar-refractivity contribution in [1.82, 2.24) is 4.90 Å². The van der Waals surface area contributed by atoms with Crippen LogP contribution >= 0.6 is 0 Å². The van der Waals surface area contributed by atoms with Crippen LogP contribution in [0, 0.1) is 0 Å². The molecule has 0 saturated carbocycles. The first-order valence-corrected chi connectivity index (χ1v) is 8.74. The first-order valence-electron chi connectivity index (χ1n) is 8.74. The molecule has 0 aromatic heterocycles. The van der Waals surface area contributed by atoms with Crippen LogP contribution in [0.5, 0.6) is 5.75 Å². The van der Waals surface area contributed by atoms with Crippen molar-refractivity contribution in [3.05, 3.63) is 54.1 Å². The predicted molar refractivity (Wildman–Crippen MR) is 103 cm³/mol. The number of ether oxygens (including phenoxy) is 2. The van der Waals surface area contributed by atoms with Crippen molar-refractivity contribution >= 4 is 17.4 Å². The van der Waals surface area contributed by atoms with Crippen LogP contribution < -0.4 is 15.0 Å². The Morgan fingerprint density at radius 3 is 2.54 bits per heavy atom. The number of carbonyl (C=O) groups excluding carboxylic acids is 1. The molecular formula is C20H25N3O3. The maximum Gasteiger partial charge on any atom is 0.321 e. The highest BCUT2D eigenvalue weighted by Crippen LogP contribution is 2.23. The minimum Gasteiger partial charge on any atom is -0.495 e. The summed E-state index contributed by atoms with van der Waals surface area (Å²) in [5.74, 6) is 0.643. The van der Waals surface area contributed by atoms with Crippen molar-refractivity contribution in [3.8, 4) is 5.75 Å². The molecule has 6 nitrogen and oxygen atoms in total. The Balaban J connectivity index is 1.58. The summed E-state index contributed by atoms with van der Waals surface area (Å²) in [6.45, 7) is 3.91. The fraction of sp³-hybridized carbons (Fsp3) is 0.350. The fourth-order valence-corrected chi connectivity index (χ4v) is 2.94. The van der Waals surface area contributed by atoms with Gasteiger partial charge in [0.15, 0.2) is 0 Å². The van der Waals surface area contributed by atoms with E-state index >= 15 is 0 Å². The van der Waals surface area contributed by atoms with E-state index in [1.165, 1.54) is 5.69 Å². The molecule has 6 heteroatoms. The molecule has 0 atom stereocenters. The Labute approximate surface area is 154 Å². The highest BCUT2D eigenvalue weighted by molar-refractivity contribution is 5.90. The zero-order valence-electron chi connectivity index (χ0n) is 15.3. The maximum atomic E-state index is 12.4. The van der Waals surface area contributed by atoms with Crippen LogP contribution in [0.4, 0.5) is 16.2 Å². The minimum atomic E-state index is -0.174. The topological polar surface area (TPSA) is 54.0 Å². The Bertz CT molecular complexity index is 727. The molecule has 138 valence electrons. The van der Waals surface area contributed by atoms with Gasteiger partial charge in [0.1, 0.15) is 5.75 Å². The van der Waals surface area contributed by atoms with Crippen LogP contribution in [-0.2, 0) is 11.3 Å². The second-order valence-electron chi connectivity index (χ2n) is 6.25. The monoisotopic (exact) mass is 355 g/mol. The number of urea groups is 1. The molecular weight excluding hydrogens is 330 g/mol. The average molecular weight is 355 g/mol. The van der Waals surface area contributed by atoms with Crippen LogP contribution in [0.3, 0.4) is 0 Å². The van der Waals surface area contributed by atoms with E-state index in [9.17, 15) is 4.79 Å². The molecule has 1 fully saturated rings. The van der Waals surface area contributed by atoms with Gasteiger partial charge in [0.2, 0.25) is 0 Å². The Kier molecular flexibility index (Phi) is 5.96. The number of para-hydroxylation sites is 2. The van der Waals surface area contributed by atoms with Gasteiger partial charge in [0.05, 0.1) is 26.0 Å². The molecule has 2 amide bonds. The van der Waals surface area contributed by atoms with Gasteiger partial charge in [-0.1, -0.05) is 24.3 Å². The third kappa shape index (κ3) is 4.46. The van der Waals surface area contributed by atoms with E-state index in [4.69, 9.17) is 9.47 Å². The molecule has 0 radical (unpaired) electrons. The van der Waals surface area contributed by atoms with Gasteiger partial charge in [0.25, 0.3) is 0 Å². The summed E-state index contributed by atoms with van der Waals surface area (Å²) in [6, 6.07) is 15.5. The molecule has 1 aliphatic heterocycles. The lowest BCUT2D eigenvalue weighted by Crippen LogP contribution is -2.36. The van der Waals surface area contributed by atoms with Gasteiger partial charge >= 0.3 is 6.03 Å². The van der Waals surface area contributed by atoms with E-state index in [-0.39, 0.29) is 6.03 Å². The van der Waals surface area contributed by atoms with Gasteiger partial charge in [-0.15, -0.1) is 0 Å². The smallest absolute Gasteiger partial charge is 0.321 e. The summed E-state index contributed by atoms with van der Waals surface area (Å²) in [5, 5.41) is 2.88. The van der Waals surface area contributed by atoms with Crippen molar-refractivity contribution in [3.63, 3.8) is 0 Å². The second kappa shape index (κ2) is 8.58. The molecule has 0 aliphatic carbocycles. The lowest BCUT2D eigenvalue weighted by atomic mass is 10.2. The number of nitrogens with one attached hydrogen (secondary N) is 1. The van der Waals surface area contributed by atoms with Gasteiger partial charge in [-0.05, 0) is 29.8 Å². The summed E-state index contributed by atoms with van der Waals surface area (Å²) < 4.78 is 10.7. The van der Waals surface area contributed by atoms with Crippen LogP contribution in [0.1, 0.15) is 5.56 Å². The van der Waals surface area contributed by atoms with Crippen molar-refractivity contribution in [2.75, 3.05) is 50.7 Å². The van der Waals surface area contributed by atoms with Gasteiger partial charge in [-0.25, -0.2) is 4.79 Å². The Morgan fingerprint density at radius 2 is 1.85 bits per heavy atom. The van der Waals surface area contributed by atoms with Gasteiger partial charge in [-0.3, -0.25) is 0 Å². The number of benzene rings is 2. The highest BCUT2D eigenvalue weighted by Gasteiger charge is 2.13. The van der Waals surface area contributed by atoms with Crippen molar-refractivity contribution < 1.29 is 14.3 Å². The molecule has 26 heavy (non-hydrogen) atoms. The normalized spacial score (nSPS) is 14.0. The Hall–Kier alpha value is -2.73. The molecule has 1 N–H and O–H groups in total. The number of anilines is 2. The summed E-state index contributed by atoms with van der Waals surface area (Å²) in [4.78, 5) is 16.4. The van der Waals surface area contributed by atoms with Crippen molar-refractivity contribution in [1.29, 1.82) is 0 Å². The molecule has 1 aliphatic rings. The summed E-state index contributed by atoms with van der Waals surface area (Å²) in [5.41, 5.74) is 2.94.